The van der Waals surface area contributed by atoms with E-state index < -0.39 is 30.3 Å². The van der Waals surface area contributed by atoms with Gasteiger partial charge < -0.3 is 25.2 Å². The smallest absolute Gasteiger partial charge is 0.258 e. The molecule has 2 rings (SSSR count). The van der Waals surface area contributed by atoms with Gasteiger partial charge in [0.2, 0.25) is 0 Å². The van der Waals surface area contributed by atoms with Crippen LogP contribution in [-0.4, -0.2) is 56.4 Å². The lowest BCUT2D eigenvalue weighted by molar-refractivity contribution is -0.124. The Morgan fingerprint density at radius 1 is 1.14 bits per heavy atom. The monoisotopic (exact) mass is 404 g/mol. The Hall–Kier alpha value is -2.97. The summed E-state index contributed by atoms with van der Waals surface area (Å²) in [6, 6.07) is 12.9. The number of methoxy groups -OCH3 is 1. The van der Waals surface area contributed by atoms with E-state index >= 15 is 0 Å². The highest BCUT2D eigenvalue weighted by atomic mass is 19.1. The second-order valence-electron chi connectivity index (χ2n) is 6.29. The third-order valence-electron chi connectivity index (χ3n) is 4.06. The first-order valence-corrected chi connectivity index (χ1v) is 9.17. The number of halogens is 1. The predicted octanol–water partition coefficient (Wildman–Crippen LogP) is 1.30. The van der Waals surface area contributed by atoms with E-state index in [1.165, 1.54) is 19.2 Å². The number of ether oxygens (including phenoxy) is 2. The Morgan fingerprint density at radius 3 is 2.59 bits per heavy atom. The number of aliphatic hydroxyl groups is 1. The molecule has 1 atom stereocenters. The number of hydrogen-bond acceptors (Lipinski definition) is 5. The van der Waals surface area contributed by atoms with Gasteiger partial charge in [0.25, 0.3) is 11.8 Å². The standard InChI is InChI=1S/C21H25FN2O5/c1-28-11-10-23-21(27)20-17(22)8-5-9-18(20)29-14-19(26)24-16(13-25)12-15-6-3-2-4-7-15/h2-9,16,25H,10-14H2,1H3,(H,23,27)(H,24,26)/t16-/m0/s1. The molecule has 0 heterocycles. The Kier molecular flexibility index (Phi) is 9.07. The van der Waals surface area contributed by atoms with E-state index in [1.807, 2.05) is 30.3 Å². The lowest BCUT2D eigenvalue weighted by Gasteiger charge is -2.17. The molecule has 8 heteroatoms. The number of amides is 2. The van der Waals surface area contributed by atoms with Crippen molar-refractivity contribution < 1.29 is 28.6 Å². The summed E-state index contributed by atoms with van der Waals surface area (Å²) in [5.41, 5.74) is 0.687. The quantitative estimate of drug-likeness (QED) is 0.491. The molecular formula is C21H25FN2O5. The topological polar surface area (TPSA) is 96.9 Å². The first-order valence-electron chi connectivity index (χ1n) is 9.17. The van der Waals surface area contributed by atoms with Gasteiger partial charge in [-0.2, -0.15) is 0 Å². The molecule has 0 bridgehead atoms. The molecule has 29 heavy (non-hydrogen) atoms. The van der Waals surface area contributed by atoms with Crippen molar-refractivity contribution in [2.24, 2.45) is 0 Å². The summed E-state index contributed by atoms with van der Waals surface area (Å²) in [5, 5.41) is 14.7. The van der Waals surface area contributed by atoms with Crippen LogP contribution in [0, 0.1) is 5.82 Å². The fourth-order valence-corrected chi connectivity index (χ4v) is 2.67. The molecule has 7 nitrogen and oxygen atoms in total. The van der Waals surface area contributed by atoms with Crippen molar-refractivity contribution in [3.8, 4) is 5.75 Å². The molecule has 2 amide bonds. The molecular weight excluding hydrogens is 379 g/mol. The molecule has 0 radical (unpaired) electrons. The first-order chi connectivity index (χ1) is 14.0. The van der Waals surface area contributed by atoms with Crippen molar-refractivity contribution in [1.29, 1.82) is 0 Å². The van der Waals surface area contributed by atoms with E-state index in [9.17, 15) is 19.1 Å². The SMILES string of the molecule is COCCNC(=O)c1c(F)cccc1OCC(=O)N[C@H](CO)Cc1ccccc1. The summed E-state index contributed by atoms with van der Waals surface area (Å²) >= 11 is 0. The highest BCUT2D eigenvalue weighted by Crippen LogP contribution is 2.21. The van der Waals surface area contributed by atoms with Crippen LogP contribution in [0.4, 0.5) is 4.39 Å². The van der Waals surface area contributed by atoms with Crippen molar-refractivity contribution in [3.05, 3.63) is 65.5 Å². The zero-order chi connectivity index (χ0) is 21.1. The minimum absolute atomic E-state index is 0.0429. The number of carbonyl (C=O) groups excluding carboxylic acids is 2. The zero-order valence-electron chi connectivity index (χ0n) is 16.2. The van der Waals surface area contributed by atoms with Gasteiger partial charge in [0.05, 0.1) is 19.3 Å². The van der Waals surface area contributed by atoms with Crippen molar-refractivity contribution in [2.75, 3.05) is 33.5 Å². The molecule has 0 aliphatic carbocycles. The molecule has 0 saturated carbocycles. The van der Waals surface area contributed by atoms with Gasteiger partial charge in [-0.05, 0) is 24.1 Å². The Morgan fingerprint density at radius 2 is 1.90 bits per heavy atom. The molecule has 0 aliphatic heterocycles. The van der Waals surface area contributed by atoms with Gasteiger partial charge in [-0.25, -0.2) is 4.39 Å². The van der Waals surface area contributed by atoms with Crippen LogP contribution in [0.2, 0.25) is 0 Å². The molecule has 156 valence electrons. The summed E-state index contributed by atoms with van der Waals surface area (Å²) < 4.78 is 24.4. The second-order valence-corrected chi connectivity index (χ2v) is 6.29. The van der Waals surface area contributed by atoms with Crippen molar-refractivity contribution >= 4 is 11.8 Å². The summed E-state index contributed by atoms with van der Waals surface area (Å²) in [6.45, 7) is -0.176. The molecule has 0 aliphatic rings. The van der Waals surface area contributed by atoms with Crippen LogP contribution in [0.25, 0.3) is 0 Å². The van der Waals surface area contributed by atoms with E-state index in [4.69, 9.17) is 9.47 Å². The van der Waals surface area contributed by atoms with Gasteiger partial charge in [-0.1, -0.05) is 36.4 Å². The lowest BCUT2D eigenvalue weighted by Crippen LogP contribution is -2.41. The summed E-state index contributed by atoms with van der Waals surface area (Å²) in [6.07, 6.45) is 0.455. The summed E-state index contributed by atoms with van der Waals surface area (Å²) in [5.74, 6) is -1.95. The normalized spacial score (nSPS) is 11.6. The maximum absolute atomic E-state index is 14.1. The molecule has 0 saturated heterocycles. The van der Waals surface area contributed by atoms with Gasteiger partial charge in [-0.3, -0.25) is 9.59 Å². The minimum Gasteiger partial charge on any atom is -0.483 e. The maximum atomic E-state index is 14.1. The summed E-state index contributed by atoms with van der Waals surface area (Å²) in [4.78, 5) is 24.4. The highest BCUT2D eigenvalue weighted by Gasteiger charge is 2.19. The van der Waals surface area contributed by atoms with Crippen LogP contribution in [0.15, 0.2) is 48.5 Å². The lowest BCUT2D eigenvalue weighted by atomic mass is 10.1. The molecule has 3 N–H and O–H groups in total. The Labute approximate surface area is 168 Å². The van der Waals surface area contributed by atoms with Crippen LogP contribution >= 0.6 is 0 Å². The molecule has 0 spiro atoms. The van der Waals surface area contributed by atoms with E-state index in [1.54, 1.807) is 0 Å². The molecule has 0 fully saturated rings. The first kappa shape index (κ1) is 22.3. The van der Waals surface area contributed by atoms with Crippen LogP contribution in [0.5, 0.6) is 5.75 Å². The van der Waals surface area contributed by atoms with E-state index in [0.717, 1.165) is 11.6 Å². The molecule has 2 aromatic carbocycles. The van der Waals surface area contributed by atoms with Gasteiger partial charge in [0, 0.05) is 13.7 Å². The number of hydrogen-bond donors (Lipinski definition) is 3. The van der Waals surface area contributed by atoms with Crippen LogP contribution < -0.4 is 15.4 Å². The van der Waals surface area contributed by atoms with E-state index in [2.05, 4.69) is 10.6 Å². The fourth-order valence-electron chi connectivity index (χ4n) is 2.67. The third kappa shape index (κ3) is 7.17. The number of nitrogens with one attached hydrogen (secondary N) is 2. The fraction of sp³-hybridized carbons (Fsp3) is 0.333. The number of benzene rings is 2. The molecule has 2 aromatic rings. The van der Waals surface area contributed by atoms with Gasteiger partial charge in [0.15, 0.2) is 6.61 Å². The Bertz CT molecular complexity index is 801. The highest BCUT2D eigenvalue weighted by molar-refractivity contribution is 5.97. The average molecular weight is 404 g/mol. The largest absolute Gasteiger partial charge is 0.483 e. The average Bonchev–Trinajstić information content (AvgIpc) is 2.72. The van der Waals surface area contributed by atoms with Gasteiger partial charge in [0.1, 0.15) is 17.1 Å². The summed E-state index contributed by atoms with van der Waals surface area (Å²) in [7, 11) is 1.49. The van der Waals surface area contributed by atoms with Crippen molar-refractivity contribution in [3.63, 3.8) is 0 Å². The number of carbonyl (C=O) groups is 2. The van der Waals surface area contributed by atoms with Crippen LogP contribution in [0.3, 0.4) is 0 Å². The number of aliphatic hydroxyl groups excluding tert-OH is 1. The third-order valence-corrected chi connectivity index (χ3v) is 4.06. The Balaban J connectivity index is 1.95. The minimum atomic E-state index is -0.755. The van der Waals surface area contributed by atoms with E-state index in [0.29, 0.717) is 6.42 Å². The van der Waals surface area contributed by atoms with Gasteiger partial charge >= 0.3 is 0 Å². The molecule has 0 aromatic heterocycles. The van der Waals surface area contributed by atoms with Crippen LogP contribution in [0.1, 0.15) is 15.9 Å². The van der Waals surface area contributed by atoms with Crippen molar-refractivity contribution in [1.82, 2.24) is 10.6 Å². The zero-order valence-corrected chi connectivity index (χ0v) is 16.2. The van der Waals surface area contributed by atoms with E-state index in [-0.39, 0.29) is 31.1 Å². The maximum Gasteiger partial charge on any atom is 0.258 e. The predicted molar refractivity (Wildman–Crippen MR) is 105 cm³/mol. The molecule has 0 unspecified atom stereocenters. The van der Waals surface area contributed by atoms with Gasteiger partial charge in [-0.15, -0.1) is 0 Å². The van der Waals surface area contributed by atoms with Crippen LogP contribution in [-0.2, 0) is 16.0 Å². The van der Waals surface area contributed by atoms with Crippen molar-refractivity contribution in [2.45, 2.75) is 12.5 Å². The number of rotatable bonds is 11. The second kappa shape index (κ2) is 11.8.